The van der Waals surface area contributed by atoms with Crippen molar-refractivity contribution in [3.8, 4) is 0 Å². The van der Waals surface area contributed by atoms with Crippen LogP contribution in [0.1, 0.15) is 24.2 Å². The molecule has 0 bridgehead atoms. The van der Waals surface area contributed by atoms with Gasteiger partial charge in [-0.15, -0.1) is 0 Å². The van der Waals surface area contributed by atoms with Crippen LogP contribution in [0.2, 0.25) is 0 Å². The lowest BCUT2D eigenvalue weighted by atomic mass is 10.2. The Morgan fingerprint density at radius 2 is 2.05 bits per heavy atom. The molecule has 0 fully saturated rings. The van der Waals surface area contributed by atoms with Gasteiger partial charge < -0.3 is 9.84 Å². The fraction of sp³-hybridized carbons (Fsp3) is 0.267. The van der Waals surface area contributed by atoms with Crippen LogP contribution in [0, 0.1) is 6.92 Å². The highest BCUT2D eigenvalue weighted by Gasteiger charge is 2.18. The Morgan fingerprint density at radius 3 is 2.68 bits per heavy atom. The number of ether oxygens (including phenoxy) is 1. The minimum absolute atomic E-state index is 0.151. The van der Waals surface area contributed by atoms with E-state index in [0.717, 1.165) is 5.56 Å². The van der Waals surface area contributed by atoms with Crippen LogP contribution in [0.4, 0.5) is 10.6 Å². The van der Waals surface area contributed by atoms with Gasteiger partial charge in [0.2, 0.25) is 0 Å². The van der Waals surface area contributed by atoms with Crippen molar-refractivity contribution in [2.75, 3.05) is 5.32 Å². The molecule has 0 saturated heterocycles. The smallest absolute Gasteiger partial charge is 0.413 e. The zero-order valence-corrected chi connectivity index (χ0v) is 12.3. The Hall–Kier alpha value is -2.83. The quantitative estimate of drug-likeness (QED) is 0.885. The van der Waals surface area contributed by atoms with Crippen LogP contribution in [0.15, 0.2) is 36.4 Å². The molecule has 1 aromatic carbocycles. The average molecular weight is 303 g/mol. The van der Waals surface area contributed by atoms with Crippen LogP contribution in [0.3, 0.4) is 0 Å². The largest absolute Gasteiger partial charge is 0.480 e. The van der Waals surface area contributed by atoms with Crippen LogP contribution in [-0.4, -0.2) is 26.9 Å². The summed E-state index contributed by atoms with van der Waals surface area (Å²) in [6.07, 6.45) is -0.642. The Bertz CT molecular complexity index is 667. The Morgan fingerprint density at radius 1 is 1.36 bits per heavy atom. The number of anilines is 1. The predicted molar refractivity (Wildman–Crippen MR) is 79.6 cm³/mol. The van der Waals surface area contributed by atoms with E-state index in [0.29, 0.717) is 5.69 Å². The van der Waals surface area contributed by atoms with E-state index in [-0.39, 0.29) is 12.4 Å². The summed E-state index contributed by atoms with van der Waals surface area (Å²) in [7, 11) is 0. The van der Waals surface area contributed by atoms with Crippen LogP contribution < -0.4 is 5.32 Å². The van der Waals surface area contributed by atoms with Crippen molar-refractivity contribution in [2.24, 2.45) is 0 Å². The van der Waals surface area contributed by atoms with Crippen LogP contribution >= 0.6 is 0 Å². The van der Waals surface area contributed by atoms with Gasteiger partial charge in [0, 0.05) is 11.8 Å². The van der Waals surface area contributed by atoms with E-state index in [9.17, 15) is 9.59 Å². The van der Waals surface area contributed by atoms with Crippen molar-refractivity contribution in [3.05, 3.63) is 47.7 Å². The van der Waals surface area contributed by atoms with E-state index < -0.39 is 18.1 Å². The number of amides is 1. The average Bonchev–Trinajstić information content (AvgIpc) is 2.85. The second-order valence-electron chi connectivity index (χ2n) is 4.82. The van der Waals surface area contributed by atoms with Gasteiger partial charge in [0.15, 0.2) is 5.82 Å². The maximum absolute atomic E-state index is 11.7. The van der Waals surface area contributed by atoms with E-state index in [1.54, 1.807) is 13.0 Å². The number of hydrogen-bond donors (Lipinski definition) is 2. The highest BCUT2D eigenvalue weighted by atomic mass is 16.5. The molecule has 2 aromatic rings. The third-order valence-corrected chi connectivity index (χ3v) is 3.09. The molecule has 0 aliphatic carbocycles. The Kier molecular flexibility index (Phi) is 4.77. The molecular weight excluding hydrogens is 286 g/mol. The first-order valence-corrected chi connectivity index (χ1v) is 6.74. The third kappa shape index (κ3) is 3.85. The van der Waals surface area contributed by atoms with Gasteiger partial charge in [-0.25, -0.2) is 9.59 Å². The predicted octanol–water partition coefficient (Wildman–Crippen LogP) is 2.59. The number of aliphatic carboxylic acids is 1. The maximum Gasteiger partial charge on any atom is 0.413 e. The monoisotopic (exact) mass is 303 g/mol. The second kappa shape index (κ2) is 6.75. The molecular formula is C15H17N3O4. The molecule has 1 amide bonds. The highest BCUT2D eigenvalue weighted by molar-refractivity contribution is 5.83. The Labute approximate surface area is 127 Å². The van der Waals surface area contributed by atoms with Crippen LogP contribution in [0.5, 0.6) is 0 Å². The molecule has 116 valence electrons. The summed E-state index contributed by atoms with van der Waals surface area (Å²) in [5.74, 6) is -0.743. The second-order valence-corrected chi connectivity index (χ2v) is 4.82. The fourth-order valence-corrected chi connectivity index (χ4v) is 1.91. The molecule has 0 spiro atoms. The molecule has 0 aliphatic rings. The van der Waals surface area contributed by atoms with Crippen molar-refractivity contribution < 1.29 is 19.4 Å². The first kappa shape index (κ1) is 15.6. The number of nitrogens with zero attached hydrogens (tertiary/aromatic N) is 2. The summed E-state index contributed by atoms with van der Waals surface area (Å²) >= 11 is 0. The molecule has 1 atom stereocenters. The minimum Gasteiger partial charge on any atom is -0.480 e. The molecule has 1 aromatic heterocycles. The zero-order valence-electron chi connectivity index (χ0n) is 12.3. The number of rotatable bonds is 5. The highest BCUT2D eigenvalue weighted by Crippen LogP contribution is 2.15. The number of aromatic nitrogens is 2. The van der Waals surface area contributed by atoms with Crippen molar-refractivity contribution >= 4 is 17.9 Å². The summed E-state index contributed by atoms with van der Waals surface area (Å²) in [5.41, 5.74) is 1.51. The molecule has 2 rings (SSSR count). The van der Waals surface area contributed by atoms with E-state index in [4.69, 9.17) is 9.84 Å². The molecule has 7 heteroatoms. The molecule has 1 unspecified atom stereocenters. The topological polar surface area (TPSA) is 93.5 Å². The van der Waals surface area contributed by atoms with E-state index in [2.05, 4.69) is 10.4 Å². The van der Waals surface area contributed by atoms with E-state index in [1.807, 2.05) is 30.3 Å². The van der Waals surface area contributed by atoms with Crippen molar-refractivity contribution in [2.45, 2.75) is 26.5 Å². The standard InChI is InChI=1S/C15H17N3O4/c1-10-8-13(17-18(10)11(2)14(19)20)16-15(21)22-9-12-6-4-3-5-7-12/h3-8,11H,9H2,1-2H3,(H,19,20)(H,16,17,21). The van der Waals surface area contributed by atoms with Gasteiger partial charge in [0.25, 0.3) is 0 Å². The molecule has 22 heavy (non-hydrogen) atoms. The molecule has 7 nitrogen and oxygen atoms in total. The third-order valence-electron chi connectivity index (χ3n) is 3.09. The maximum atomic E-state index is 11.7. The summed E-state index contributed by atoms with van der Waals surface area (Å²) in [6.45, 7) is 3.38. The number of carbonyl (C=O) groups excluding carboxylic acids is 1. The number of carboxylic acid groups (broad SMARTS) is 1. The van der Waals surface area contributed by atoms with Gasteiger partial charge in [0.1, 0.15) is 12.6 Å². The van der Waals surface area contributed by atoms with Gasteiger partial charge >= 0.3 is 12.1 Å². The van der Waals surface area contributed by atoms with Gasteiger partial charge in [-0.05, 0) is 19.4 Å². The fourth-order valence-electron chi connectivity index (χ4n) is 1.91. The van der Waals surface area contributed by atoms with Crippen molar-refractivity contribution in [1.29, 1.82) is 0 Å². The van der Waals surface area contributed by atoms with E-state index in [1.165, 1.54) is 11.6 Å². The number of aryl methyl sites for hydroxylation is 1. The molecule has 1 heterocycles. The number of nitrogens with one attached hydrogen (secondary N) is 1. The SMILES string of the molecule is Cc1cc(NC(=O)OCc2ccccc2)nn1C(C)C(=O)O. The lowest BCUT2D eigenvalue weighted by Gasteiger charge is -2.08. The van der Waals surface area contributed by atoms with Crippen LogP contribution in [0.25, 0.3) is 0 Å². The summed E-state index contributed by atoms with van der Waals surface area (Å²) < 4.78 is 6.40. The molecule has 0 radical (unpaired) electrons. The number of carboxylic acids is 1. The van der Waals surface area contributed by atoms with Crippen LogP contribution in [-0.2, 0) is 16.1 Å². The minimum atomic E-state index is -0.996. The normalized spacial score (nSPS) is 11.7. The molecule has 0 saturated carbocycles. The molecule has 0 aliphatic heterocycles. The lowest BCUT2D eigenvalue weighted by Crippen LogP contribution is -2.19. The van der Waals surface area contributed by atoms with Crippen molar-refractivity contribution in [1.82, 2.24) is 9.78 Å². The van der Waals surface area contributed by atoms with Gasteiger partial charge in [-0.3, -0.25) is 10.00 Å². The summed E-state index contributed by atoms with van der Waals surface area (Å²) in [6, 6.07) is 10.1. The summed E-state index contributed by atoms with van der Waals surface area (Å²) in [4.78, 5) is 22.7. The first-order valence-electron chi connectivity index (χ1n) is 6.74. The first-order chi connectivity index (χ1) is 10.5. The zero-order chi connectivity index (χ0) is 16.1. The number of hydrogen-bond acceptors (Lipinski definition) is 4. The van der Waals surface area contributed by atoms with E-state index >= 15 is 0 Å². The Balaban J connectivity index is 1.94. The number of benzene rings is 1. The van der Waals surface area contributed by atoms with Gasteiger partial charge in [-0.1, -0.05) is 30.3 Å². The number of carbonyl (C=O) groups is 2. The van der Waals surface area contributed by atoms with Gasteiger partial charge in [0.05, 0.1) is 0 Å². The van der Waals surface area contributed by atoms with Crippen molar-refractivity contribution in [3.63, 3.8) is 0 Å². The van der Waals surface area contributed by atoms with Gasteiger partial charge in [-0.2, -0.15) is 5.10 Å². The lowest BCUT2D eigenvalue weighted by molar-refractivity contribution is -0.140. The molecule has 2 N–H and O–H groups in total. The summed E-state index contributed by atoms with van der Waals surface area (Å²) in [5, 5.41) is 15.5.